The quantitative estimate of drug-likeness (QED) is 0.617. The van der Waals surface area contributed by atoms with E-state index in [1.54, 1.807) is 0 Å². The van der Waals surface area contributed by atoms with Crippen molar-refractivity contribution < 1.29 is 4.57 Å². The Morgan fingerprint density at radius 2 is 1.39 bits per heavy atom. The van der Waals surface area contributed by atoms with Crippen LogP contribution in [0, 0.1) is 0 Å². The molecule has 0 atom stereocenters. The van der Waals surface area contributed by atoms with Crippen molar-refractivity contribution in [3.05, 3.63) is 78.5 Å². The van der Waals surface area contributed by atoms with Crippen molar-refractivity contribution in [2.24, 2.45) is 0 Å². The summed E-state index contributed by atoms with van der Waals surface area (Å²) in [7, 11) is 0. The van der Waals surface area contributed by atoms with Crippen molar-refractivity contribution in [2.75, 3.05) is 0 Å². The third kappa shape index (κ3) is 2.52. The number of pyridine rings is 1. The Hall–Kier alpha value is -1.86. The van der Waals surface area contributed by atoms with Gasteiger partial charge in [-0.25, -0.2) is 0 Å². The molecule has 1 aromatic heterocycles. The molecule has 0 amide bonds. The molecule has 90 valence electrons. The minimum Gasteiger partial charge on any atom is -0.194 e. The summed E-state index contributed by atoms with van der Waals surface area (Å²) in [5.74, 6) is 0. The molecular weight excluding hydrogens is 242 g/mol. The maximum atomic E-state index is 2.28. The number of fused-ring (bicyclic) bond motifs is 1. The number of hydrogen-bond acceptors (Lipinski definition) is 0. The molecule has 1 heterocycles. The Balaban J connectivity index is 0.00000120. The second-order valence-electron chi connectivity index (χ2n) is 4.18. The fraction of sp³-hybridized carbons (Fsp3) is 0.0625. The lowest BCUT2D eigenvalue weighted by molar-refractivity contribution is -0.662. The van der Waals surface area contributed by atoms with Gasteiger partial charge in [-0.2, -0.15) is 4.57 Å². The predicted molar refractivity (Wildman–Crippen MR) is 76.9 cm³/mol. The van der Waals surface area contributed by atoms with Crippen molar-refractivity contribution in [1.29, 1.82) is 0 Å². The molecule has 3 aromatic rings. The number of nitrogens with zero attached hydrogens (tertiary/aromatic N) is 1. The minimum absolute atomic E-state index is 0. The van der Waals surface area contributed by atoms with E-state index in [0.29, 0.717) is 0 Å². The summed E-state index contributed by atoms with van der Waals surface area (Å²) in [6.45, 7) is 0.919. The maximum absolute atomic E-state index is 2.28. The number of rotatable bonds is 2. The van der Waals surface area contributed by atoms with Gasteiger partial charge >= 0.3 is 0 Å². The Morgan fingerprint density at radius 3 is 2.22 bits per heavy atom. The van der Waals surface area contributed by atoms with Crippen LogP contribution in [0.3, 0.4) is 0 Å². The van der Waals surface area contributed by atoms with Crippen LogP contribution in [-0.2, 0) is 6.54 Å². The zero-order chi connectivity index (χ0) is 11.5. The highest BCUT2D eigenvalue weighted by Gasteiger charge is 2.07. The van der Waals surface area contributed by atoms with Crippen LogP contribution in [0.4, 0.5) is 0 Å². The monoisotopic (exact) mass is 256 g/mol. The van der Waals surface area contributed by atoms with Crippen LogP contribution in [0.15, 0.2) is 72.9 Å². The van der Waals surface area contributed by atoms with Crippen LogP contribution in [0.5, 0.6) is 0 Å². The second kappa shape index (κ2) is 5.65. The number of benzene rings is 2. The molecule has 2 aromatic carbocycles. The standard InChI is InChI=1S/C16H14N.ClH/c1-2-7-14(8-3-1)13-17-12-6-10-15-9-4-5-11-16(15)17;/h1-12H,13H2;1H/q+1;. The van der Waals surface area contributed by atoms with Gasteiger partial charge in [0.2, 0.25) is 5.52 Å². The molecule has 0 aliphatic carbocycles. The Labute approximate surface area is 113 Å². The first kappa shape index (κ1) is 12.6. The molecule has 1 nitrogen and oxygen atoms in total. The smallest absolute Gasteiger partial charge is 0.194 e. The van der Waals surface area contributed by atoms with E-state index in [2.05, 4.69) is 77.5 Å². The lowest BCUT2D eigenvalue weighted by atomic mass is 10.2. The topological polar surface area (TPSA) is 3.88 Å². The van der Waals surface area contributed by atoms with Gasteiger partial charge in [0.15, 0.2) is 12.7 Å². The van der Waals surface area contributed by atoms with Gasteiger partial charge in [0.1, 0.15) is 0 Å². The molecule has 3 rings (SSSR count). The maximum Gasteiger partial charge on any atom is 0.212 e. The van der Waals surface area contributed by atoms with Crippen LogP contribution in [0.25, 0.3) is 10.9 Å². The summed E-state index contributed by atoms with van der Waals surface area (Å²) in [6.07, 6.45) is 2.13. The summed E-state index contributed by atoms with van der Waals surface area (Å²) in [5.41, 5.74) is 2.60. The molecule has 0 saturated carbocycles. The van der Waals surface area contributed by atoms with Crippen molar-refractivity contribution in [2.45, 2.75) is 6.54 Å². The zero-order valence-corrected chi connectivity index (χ0v) is 10.8. The summed E-state index contributed by atoms with van der Waals surface area (Å²) < 4.78 is 2.28. The van der Waals surface area contributed by atoms with E-state index in [9.17, 15) is 0 Å². The number of hydrogen-bond donors (Lipinski definition) is 0. The third-order valence-corrected chi connectivity index (χ3v) is 2.98. The van der Waals surface area contributed by atoms with Crippen molar-refractivity contribution in [3.63, 3.8) is 0 Å². The Morgan fingerprint density at radius 1 is 0.722 bits per heavy atom. The highest BCUT2D eigenvalue weighted by atomic mass is 35.5. The number of halogens is 1. The first-order valence-electron chi connectivity index (χ1n) is 5.84. The molecule has 2 heteroatoms. The summed E-state index contributed by atoms with van der Waals surface area (Å²) >= 11 is 0. The lowest BCUT2D eigenvalue weighted by Gasteiger charge is -2.01. The van der Waals surface area contributed by atoms with Gasteiger partial charge in [0, 0.05) is 23.1 Å². The molecule has 0 N–H and O–H groups in total. The highest BCUT2D eigenvalue weighted by Crippen LogP contribution is 2.08. The van der Waals surface area contributed by atoms with Crippen LogP contribution in [-0.4, -0.2) is 0 Å². The van der Waals surface area contributed by atoms with E-state index >= 15 is 0 Å². The molecule has 0 bridgehead atoms. The van der Waals surface area contributed by atoms with Crippen LogP contribution in [0.2, 0.25) is 0 Å². The van der Waals surface area contributed by atoms with Gasteiger partial charge in [0.25, 0.3) is 0 Å². The van der Waals surface area contributed by atoms with Crippen molar-refractivity contribution in [3.8, 4) is 0 Å². The second-order valence-corrected chi connectivity index (χ2v) is 4.18. The molecule has 18 heavy (non-hydrogen) atoms. The van der Waals surface area contributed by atoms with E-state index in [1.165, 1.54) is 16.5 Å². The SMILES string of the molecule is Cl.c1ccc(C[n+]2cccc3ccccc32)cc1. The average molecular weight is 257 g/mol. The largest absolute Gasteiger partial charge is 0.212 e. The van der Waals surface area contributed by atoms with Crippen LogP contribution < -0.4 is 4.57 Å². The molecule has 0 fully saturated rings. The van der Waals surface area contributed by atoms with Gasteiger partial charge in [-0.15, -0.1) is 12.4 Å². The summed E-state index contributed by atoms with van der Waals surface area (Å²) in [5, 5.41) is 1.28. The molecule has 0 aliphatic rings. The molecule has 0 aliphatic heterocycles. The zero-order valence-electron chi connectivity index (χ0n) is 9.99. The Kier molecular flexibility index (Phi) is 3.96. The van der Waals surface area contributed by atoms with E-state index in [0.717, 1.165) is 6.54 Å². The first-order chi connectivity index (χ1) is 8.43. The summed E-state index contributed by atoms with van der Waals surface area (Å²) in [6, 6.07) is 23.3. The predicted octanol–water partition coefficient (Wildman–Crippen LogP) is 3.60. The van der Waals surface area contributed by atoms with Crippen molar-refractivity contribution >= 4 is 23.3 Å². The molecule has 0 saturated heterocycles. The lowest BCUT2D eigenvalue weighted by Crippen LogP contribution is -2.34. The number of para-hydroxylation sites is 1. The van der Waals surface area contributed by atoms with Gasteiger partial charge in [0.05, 0.1) is 0 Å². The molecule has 0 radical (unpaired) electrons. The fourth-order valence-corrected chi connectivity index (χ4v) is 2.14. The van der Waals surface area contributed by atoms with Crippen LogP contribution in [0.1, 0.15) is 5.56 Å². The minimum atomic E-state index is 0. The molecular formula is C16H15ClN+. The highest BCUT2D eigenvalue weighted by molar-refractivity contribution is 5.85. The van der Waals surface area contributed by atoms with E-state index in [1.807, 2.05) is 0 Å². The average Bonchev–Trinajstić information content (AvgIpc) is 2.40. The van der Waals surface area contributed by atoms with Crippen LogP contribution >= 0.6 is 12.4 Å². The van der Waals surface area contributed by atoms with Gasteiger partial charge in [-0.1, -0.05) is 42.5 Å². The van der Waals surface area contributed by atoms with Crippen molar-refractivity contribution in [1.82, 2.24) is 0 Å². The normalized spacial score (nSPS) is 10.0. The third-order valence-electron chi connectivity index (χ3n) is 2.98. The summed E-state index contributed by atoms with van der Waals surface area (Å²) in [4.78, 5) is 0. The fourth-order valence-electron chi connectivity index (χ4n) is 2.14. The first-order valence-corrected chi connectivity index (χ1v) is 5.84. The Bertz CT molecular complexity index is 629. The number of aromatic nitrogens is 1. The molecule has 0 spiro atoms. The van der Waals surface area contributed by atoms with E-state index in [4.69, 9.17) is 0 Å². The van der Waals surface area contributed by atoms with Gasteiger partial charge in [-0.3, -0.25) is 0 Å². The van der Waals surface area contributed by atoms with Gasteiger partial charge in [-0.05, 0) is 12.1 Å². The van der Waals surface area contributed by atoms with E-state index < -0.39 is 0 Å². The molecule has 0 unspecified atom stereocenters. The van der Waals surface area contributed by atoms with Gasteiger partial charge < -0.3 is 0 Å². The van der Waals surface area contributed by atoms with E-state index in [-0.39, 0.29) is 12.4 Å².